The number of allylic oxidation sites excluding steroid dienone is 4. The number of hydrogen-bond acceptors (Lipinski definition) is 1. The molecule has 1 aliphatic rings. The van der Waals surface area contributed by atoms with Crippen LogP contribution in [0.3, 0.4) is 0 Å². The lowest BCUT2D eigenvalue weighted by atomic mass is 9.98. The van der Waals surface area contributed by atoms with Crippen molar-refractivity contribution in [2.24, 2.45) is 0 Å². The summed E-state index contributed by atoms with van der Waals surface area (Å²) in [6, 6.07) is 2.17. The van der Waals surface area contributed by atoms with Crippen LogP contribution in [0.2, 0.25) is 0 Å². The van der Waals surface area contributed by atoms with Crippen LogP contribution in [0, 0.1) is 11.3 Å². The van der Waals surface area contributed by atoms with Crippen LogP contribution in [0.5, 0.6) is 0 Å². The molecule has 0 bridgehead atoms. The van der Waals surface area contributed by atoms with Gasteiger partial charge in [-0.1, -0.05) is 32.4 Å². The van der Waals surface area contributed by atoms with Gasteiger partial charge in [-0.15, -0.1) is 0 Å². The molecule has 0 fully saturated rings. The van der Waals surface area contributed by atoms with Gasteiger partial charge in [-0.05, 0) is 25.3 Å². The van der Waals surface area contributed by atoms with Crippen LogP contribution in [0.15, 0.2) is 23.3 Å². The fourth-order valence-corrected chi connectivity index (χ4v) is 1.07. The van der Waals surface area contributed by atoms with E-state index in [2.05, 4.69) is 19.1 Å². The van der Waals surface area contributed by atoms with Crippen LogP contribution in [0.4, 0.5) is 0 Å². The zero-order valence-electron chi connectivity index (χ0n) is 8.22. The first-order chi connectivity index (χ1) is 5.86. The third kappa shape index (κ3) is 3.39. The Kier molecular flexibility index (Phi) is 6.09. The molecule has 66 valence electrons. The molecule has 0 amide bonds. The predicted molar refractivity (Wildman–Crippen MR) is 52.7 cm³/mol. The molecule has 1 aliphatic carbocycles. The van der Waals surface area contributed by atoms with Crippen molar-refractivity contribution in [3.05, 3.63) is 23.3 Å². The van der Waals surface area contributed by atoms with Crippen LogP contribution in [0.25, 0.3) is 0 Å². The van der Waals surface area contributed by atoms with Gasteiger partial charge in [0.05, 0.1) is 6.07 Å². The minimum atomic E-state index is 0.914. The topological polar surface area (TPSA) is 23.8 Å². The summed E-state index contributed by atoms with van der Waals surface area (Å²) in [5.41, 5.74) is 2.37. The predicted octanol–water partition coefficient (Wildman–Crippen LogP) is 3.59. The van der Waals surface area contributed by atoms with Crippen molar-refractivity contribution < 1.29 is 0 Å². The molecule has 0 saturated carbocycles. The van der Waals surface area contributed by atoms with Gasteiger partial charge in [-0.25, -0.2) is 0 Å². The van der Waals surface area contributed by atoms with Crippen molar-refractivity contribution in [1.29, 1.82) is 5.26 Å². The molecule has 1 heteroatoms. The van der Waals surface area contributed by atoms with Crippen molar-refractivity contribution in [3.63, 3.8) is 0 Å². The van der Waals surface area contributed by atoms with Gasteiger partial charge in [-0.2, -0.15) is 5.26 Å². The molecular formula is C11H17N. The van der Waals surface area contributed by atoms with E-state index >= 15 is 0 Å². The fourth-order valence-electron chi connectivity index (χ4n) is 1.07. The van der Waals surface area contributed by atoms with Gasteiger partial charge in [-0.3, -0.25) is 0 Å². The first-order valence-electron chi connectivity index (χ1n) is 4.65. The average Bonchev–Trinajstić information content (AvgIpc) is 2.21. The van der Waals surface area contributed by atoms with Crippen molar-refractivity contribution in [1.82, 2.24) is 0 Å². The van der Waals surface area contributed by atoms with Gasteiger partial charge in [0.15, 0.2) is 0 Å². The van der Waals surface area contributed by atoms with Gasteiger partial charge >= 0.3 is 0 Å². The van der Waals surface area contributed by atoms with E-state index < -0.39 is 0 Å². The van der Waals surface area contributed by atoms with Crippen LogP contribution in [0.1, 0.15) is 40.0 Å². The minimum Gasteiger partial charge on any atom is -0.193 e. The normalized spacial score (nSPS) is 14.8. The second kappa shape index (κ2) is 6.67. The highest BCUT2D eigenvalue weighted by atomic mass is 14.2. The molecule has 0 aliphatic heterocycles. The summed E-state index contributed by atoms with van der Waals surface area (Å²) in [6.45, 7) is 6.15. The van der Waals surface area contributed by atoms with Crippen molar-refractivity contribution in [3.8, 4) is 6.07 Å². The maximum atomic E-state index is 8.50. The molecule has 0 atom stereocenters. The van der Waals surface area contributed by atoms with Crippen molar-refractivity contribution in [2.45, 2.75) is 40.0 Å². The third-order valence-corrected chi connectivity index (χ3v) is 1.83. The van der Waals surface area contributed by atoms with Crippen LogP contribution < -0.4 is 0 Å². The summed E-state index contributed by atoms with van der Waals surface area (Å²) < 4.78 is 0. The lowest BCUT2D eigenvalue weighted by Crippen LogP contribution is -1.89. The zero-order chi connectivity index (χ0) is 9.40. The standard InChI is InChI=1S/C9H11N.C2H6/c1-2-8-3-5-9(7-10)6-4-8;1-2/h3,5H,2,4,6H2,1H3;1-2H3. The number of nitrogens with zero attached hydrogens (tertiary/aromatic N) is 1. The highest BCUT2D eigenvalue weighted by Gasteiger charge is 2.02. The van der Waals surface area contributed by atoms with E-state index in [1.165, 1.54) is 5.57 Å². The van der Waals surface area contributed by atoms with E-state index in [1.54, 1.807) is 0 Å². The molecule has 0 heterocycles. The number of nitriles is 1. The Morgan fingerprint density at radius 1 is 1.33 bits per heavy atom. The lowest BCUT2D eigenvalue weighted by molar-refractivity contribution is 0.874. The lowest BCUT2D eigenvalue weighted by Gasteiger charge is -2.06. The van der Waals surface area contributed by atoms with Crippen molar-refractivity contribution >= 4 is 0 Å². The Bertz CT molecular complexity index is 216. The van der Waals surface area contributed by atoms with Gasteiger partial charge in [0, 0.05) is 5.57 Å². The zero-order valence-corrected chi connectivity index (χ0v) is 8.22. The summed E-state index contributed by atoms with van der Waals surface area (Å²) in [4.78, 5) is 0. The summed E-state index contributed by atoms with van der Waals surface area (Å²) in [5.74, 6) is 0. The van der Waals surface area contributed by atoms with Gasteiger partial charge in [0.1, 0.15) is 0 Å². The van der Waals surface area contributed by atoms with Crippen LogP contribution >= 0.6 is 0 Å². The maximum Gasteiger partial charge on any atom is 0.0947 e. The summed E-state index contributed by atoms with van der Waals surface area (Å²) in [6.07, 6.45) is 7.14. The van der Waals surface area contributed by atoms with E-state index in [1.807, 2.05) is 19.9 Å². The smallest absolute Gasteiger partial charge is 0.0947 e. The molecule has 0 aromatic carbocycles. The second-order valence-corrected chi connectivity index (χ2v) is 2.48. The summed E-state index contributed by atoms with van der Waals surface area (Å²) in [7, 11) is 0. The monoisotopic (exact) mass is 163 g/mol. The van der Waals surface area contributed by atoms with Gasteiger partial charge in [0.2, 0.25) is 0 Å². The Balaban J connectivity index is 0.000000561. The minimum absolute atomic E-state index is 0.914. The SMILES string of the molecule is CC.CCC1=CC=C(C#N)CC1. The van der Waals surface area contributed by atoms with Crippen LogP contribution in [-0.2, 0) is 0 Å². The first kappa shape index (κ1) is 11.0. The molecule has 0 N–H and O–H groups in total. The maximum absolute atomic E-state index is 8.50. The molecule has 0 radical (unpaired) electrons. The Morgan fingerprint density at radius 2 is 2.00 bits per heavy atom. The highest BCUT2D eigenvalue weighted by molar-refractivity contribution is 5.32. The van der Waals surface area contributed by atoms with E-state index in [0.29, 0.717) is 0 Å². The Hall–Kier alpha value is -1.03. The molecule has 0 aromatic heterocycles. The van der Waals surface area contributed by atoms with E-state index in [-0.39, 0.29) is 0 Å². The molecule has 0 aromatic rings. The first-order valence-corrected chi connectivity index (χ1v) is 4.65. The number of rotatable bonds is 1. The Morgan fingerprint density at radius 3 is 2.33 bits per heavy atom. The van der Waals surface area contributed by atoms with Gasteiger partial charge < -0.3 is 0 Å². The van der Waals surface area contributed by atoms with E-state index in [0.717, 1.165) is 24.8 Å². The molecule has 0 spiro atoms. The summed E-state index contributed by atoms with van der Waals surface area (Å²) in [5, 5.41) is 8.50. The Labute approximate surface area is 75.4 Å². The third-order valence-electron chi connectivity index (χ3n) is 1.83. The average molecular weight is 163 g/mol. The largest absolute Gasteiger partial charge is 0.193 e. The van der Waals surface area contributed by atoms with E-state index in [9.17, 15) is 0 Å². The molecule has 12 heavy (non-hydrogen) atoms. The molecule has 1 nitrogen and oxygen atoms in total. The summed E-state index contributed by atoms with van der Waals surface area (Å²) >= 11 is 0. The number of hydrogen-bond donors (Lipinski definition) is 0. The van der Waals surface area contributed by atoms with Crippen molar-refractivity contribution in [2.75, 3.05) is 0 Å². The molecule has 0 saturated heterocycles. The quantitative estimate of drug-likeness (QED) is 0.579. The molecule has 1 rings (SSSR count). The molecular weight excluding hydrogens is 146 g/mol. The van der Waals surface area contributed by atoms with Gasteiger partial charge in [0.25, 0.3) is 0 Å². The molecule has 0 unspecified atom stereocenters. The second-order valence-electron chi connectivity index (χ2n) is 2.48. The highest BCUT2D eigenvalue weighted by Crippen LogP contribution is 2.19. The van der Waals surface area contributed by atoms with Crippen LogP contribution in [-0.4, -0.2) is 0 Å². The fraction of sp³-hybridized carbons (Fsp3) is 0.545. The van der Waals surface area contributed by atoms with E-state index in [4.69, 9.17) is 5.26 Å².